The molecule has 1 N–H and O–H groups in total. The summed E-state index contributed by atoms with van der Waals surface area (Å²) in [5, 5.41) is 8.60. The second-order valence-corrected chi connectivity index (χ2v) is 4.54. The SMILES string of the molecule is Cc1ccccc1CCc1ncc(CCC(=O)O)o1. The maximum Gasteiger partial charge on any atom is 0.303 e. The molecule has 0 unspecified atom stereocenters. The fourth-order valence-electron chi connectivity index (χ4n) is 1.94. The molecule has 0 amide bonds. The number of hydrogen-bond donors (Lipinski definition) is 1. The van der Waals surface area contributed by atoms with Crippen LogP contribution in [0.3, 0.4) is 0 Å². The molecule has 0 radical (unpaired) electrons. The van der Waals surface area contributed by atoms with E-state index in [0.717, 1.165) is 12.8 Å². The summed E-state index contributed by atoms with van der Waals surface area (Å²) in [5.74, 6) is 0.490. The Morgan fingerprint density at radius 3 is 2.79 bits per heavy atom. The van der Waals surface area contributed by atoms with Crippen LogP contribution in [0.5, 0.6) is 0 Å². The molecule has 0 aliphatic carbocycles. The summed E-state index contributed by atoms with van der Waals surface area (Å²) in [4.78, 5) is 14.6. The van der Waals surface area contributed by atoms with Gasteiger partial charge in [0, 0.05) is 12.8 Å². The van der Waals surface area contributed by atoms with Crippen molar-refractivity contribution in [1.82, 2.24) is 4.98 Å². The summed E-state index contributed by atoms with van der Waals surface area (Å²) in [7, 11) is 0. The van der Waals surface area contributed by atoms with Gasteiger partial charge in [0.15, 0.2) is 5.89 Å². The van der Waals surface area contributed by atoms with Crippen LogP contribution in [-0.2, 0) is 24.1 Å². The van der Waals surface area contributed by atoms with Crippen molar-refractivity contribution in [1.29, 1.82) is 0 Å². The Morgan fingerprint density at radius 2 is 2.05 bits per heavy atom. The average Bonchev–Trinajstić information content (AvgIpc) is 2.83. The summed E-state index contributed by atoms with van der Waals surface area (Å²) < 4.78 is 5.52. The van der Waals surface area contributed by atoms with Crippen molar-refractivity contribution in [2.24, 2.45) is 0 Å². The second-order valence-electron chi connectivity index (χ2n) is 4.54. The van der Waals surface area contributed by atoms with Gasteiger partial charge in [-0.2, -0.15) is 0 Å². The van der Waals surface area contributed by atoms with E-state index in [1.165, 1.54) is 11.1 Å². The highest BCUT2D eigenvalue weighted by Gasteiger charge is 2.07. The van der Waals surface area contributed by atoms with Crippen molar-refractivity contribution in [2.75, 3.05) is 0 Å². The Hall–Kier alpha value is -2.10. The second kappa shape index (κ2) is 6.18. The van der Waals surface area contributed by atoms with Crippen LogP contribution in [0, 0.1) is 6.92 Å². The van der Waals surface area contributed by atoms with Crippen molar-refractivity contribution in [2.45, 2.75) is 32.6 Å². The Kier molecular flexibility index (Phi) is 4.34. The normalized spacial score (nSPS) is 10.6. The van der Waals surface area contributed by atoms with E-state index in [1.807, 2.05) is 12.1 Å². The molecular formula is C15H17NO3. The molecule has 0 atom stereocenters. The molecule has 0 fully saturated rings. The molecule has 4 heteroatoms. The topological polar surface area (TPSA) is 63.3 Å². The highest BCUT2D eigenvalue weighted by molar-refractivity contribution is 5.66. The third-order valence-corrected chi connectivity index (χ3v) is 3.06. The van der Waals surface area contributed by atoms with Crippen LogP contribution in [0.1, 0.15) is 29.2 Å². The van der Waals surface area contributed by atoms with Gasteiger partial charge < -0.3 is 9.52 Å². The van der Waals surface area contributed by atoms with Gasteiger partial charge in [-0.3, -0.25) is 4.79 Å². The maximum atomic E-state index is 10.5. The number of rotatable bonds is 6. The van der Waals surface area contributed by atoms with Crippen molar-refractivity contribution in [3.63, 3.8) is 0 Å². The number of aryl methyl sites for hydroxylation is 4. The van der Waals surface area contributed by atoms with E-state index in [-0.39, 0.29) is 6.42 Å². The minimum absolute atomic E-state index is 0.0758. The first-order chi connectivity index (χ1) is 9.15. The van der Waals surface area contributed by atoms with Gasteiger partial charge in [-0.05, 0) is 24.5 Å². The molecule has 0 saturated carbocycles. The fourth-order valence-corrected chi connectivity index (χ4v) is 1.94. The Balaban J connectivity index is 1.90. The zero-order valence-corrected chi connectivity index (χ0v) is 10.9. The highest BCUT2D eigenvalue weighted by Crippen LogP contribution is 2.12. The third-order valence-electron chi connectivity index (χ3n) is 3.06. The predicted molar refractivity (Wildman–Crippen MR) is 71.0 cm³/mol. The number of carboxylic acid groups (broad SMARTS) is 1. The lowest BCUT2D eigenvalue weighted by molar-refractivity contribution is -0.137. The van der Waals surface area contributed by atoms with E-state index < -0.39 is 5.97 Å². The Labute approximate surface area is 112 Å². The van der Waals surface area contributed by atoms with E-state index in [0.29, 0.717) is 18.1 Å². The van der Waals surface area contributed by atoms with Gasteiger partial charge in [-0.1, -0.05) is 24.3 Å². The predicted octanol–water partition coefficient (Wildman–Crippen LogP) is 2.79. The minimum Gasteiger partial charge on any atom is -0.481 e. The van der Waals surface area contributed by atoms with Gasteiger partial charge in [0.05, 0.1) is 12.6 Å². The van der Waals surface area contributed by atoms with Gasteiger partial charge >= 0.3 is 5.97 Å². The van der Waals surface area contributed by atoms with E-state index in [2.05, 4.69) is 24.0 Å². The Bertz CT molecular complexity index is 560. The molecule has 2 rings (SSSR count). The lowest BCUT2D eigenvalue weighted by Crippen LogP contribution is -1.96. The molecule has 19 heavy (non-hydrogen) atoms. The fraction of sp³-hybridized carbons (Fsp3) is 0.333. The van der Waals surface area contributed by atoms with Gasteiger partial charge in [0.1, 0.15) is 5.76 Å². The third kappa shape index (κ3) is 3.95. The number of aromatic nitrogens is 1. The number of nitrogens with zero attached hydrogens (tertiary/aromatic N) is 1. The van der Waals surface area contributed by atoms with E-state index in [9.17, 15) is 4.79 Å². The Morgan fingerprint density at radius 1 is 1.26 bits per heavy atom. The first kappa shape index (κ1) is 13.3. The van der Waals surface area contributed by atoms with Crippen molar-refractivity contribution in [3.8, 4) is 0 Å². The zero-order valence-electron chi connectivity index (χ0n) is 10.9. The first-order valence-electron chi connectivity index (χ1n) is 6.35. The molecule has 1 heterocycles. The molecule has 1 aromatic heterocycles. The van der Waals surface area contributed by atoms with Crippen LogP contribution >= 0.6 is 0 Å². The summed E-state index contributed by atoms with van der Waals surface area (Å²) in [6.45, 7) is 2.09. The molecule has 0 aliphatic rings. The first-order valence-corrected chi connectivity index (χ1v) is 6.35. The molecule has 1 aromatic carbocycles. The zero-order chi connectivity index (χ0) is 13.7. The lowest BCUT2D eigenvalue weighted by atomic mass is 10.0. The smallest absolute Gasteiger partial charge is 0.303 e. The molecule has 0 spiro atoms. The highest BCUT2D eigenvalue weighted by atomic mass is 16.4. The van der Waals surface area contributed by atoms with Crippen molar-refractivity contribution >= 4 is 5.97 Å². The van der Waals surface area contributed by atoms with Gasteiger partial charge in [-0.25, -0.2) is 4.98 Å². The van der Waals surface area contributed by atoms with Crippen LogP contribution in [0.25, 0.3) is 0 Å². The lowest BCUT2D eigenvalue weighted by Gasteiger charge is -2.02. The van der Waals surface area contributed by atoms with Crippen LogP contribution in [-0.4, -0.2) is 16.1 Å². The molecule has 0 saturated heterocycles. The summed E-state index contributed by atoms with van der Waals surface area (Å²) in [6.07, 6.45) is 3.71. The number of benzene rings is 1. The van der Waals surface area contributed by atoms with Crippen molar-refractivity contribution < 1.29 is 14.3 Å². The van der Waals surface area contributed by atoms with E-state index in [1.54, 1.807) is 6.20 Å². The van der Waals surface area contributed by atoms with Gasteiger partial charge in [0.25, 0.3) is 0 Å². The van der Waals surface area contributed by atoms with Gasteiger partial charge in [-0.15, -0.1) is 0 Å². The van der Waals surface area contributed by atoms with Crippen molar-refractivity contribution in [3.05, 3.63) is 53.2 Å². The molecule has 4 nitrogen and oxygen atoms in total. The minimum atomic E-state index is -0.821. The number of hydrogen-bond acceptors (Lipinski definition) is 3. The number of oxazole rings is 1. The van der Waals surface area contributed by atoms with Gasteiger partial charge in [0.2, 0.25) is 0 Å². The number of carbonyl (C=O) groups is 1. The van der Waals surface area contributed by atoms with Crippen LogP contribution in [0.15, 0.2) is 34.9 Å². The summed E-state index contributed by atoms with van der Waals surface area (Å²) in [6, 6.07) is 8.23. The number of carboxylic acids is 1. The molecule has 0 bridgehead atoms. The standard InChI is InChI=1S/C15H17NO3/c1-11-4-2-3-5-12(11)6-8-14-16-10-13(19-14)7-9-15(17)18/h2-5,10H,6-9H2,1H3,(H,17,18). The van der Waals surface area contributed by atoms with E-state index in [4.69, 9.17) is 9.52 Å². The largest absolute Gasteiger partial charge is 0.481 e. The number of aliphatic carboxylic acids is 1. The molecule has 100 valence electrons. The quantitative estimate of drug-likeness (QED) is 0.866. The summed E-state index contributed by atoms with van der Waals surface area (Å²) in [5.41, 5.74) is 2.55. The monoisotopic (exact) mass is 259 g/mol. The summed E-state index contributed by atoms with van der Waals surface area (Å²) >= 11 is 0. The molecule has 2 aromatic rings. The van der Waals surface area contributed by atoms with E-state index >= 15 is 0 Å². The van der Waals surface area contributed by atoms with Crippen LogP contribution in [0.4, 0.5) is 0 Å². The maximum absolute atomic E-state index is 10.5. The average molecular weight is 259 g/mol. The molecule has 0 aliphatic heterocycles. The molecular weight excluding hydrogens is 242 g/mol. The van der Waals surface area contributed by atoms with Crippen LogP contribution < -0.4 is 0 Å². The van der Waals surface area contributed by atoms with Crippen LogP contribution in [0.2, 0.25) is 0 Å².